The van der Waals surface area contributed by atoms with Crippen LogP contribution in [0.2, 0.25) is 0 Å². The average Bonchev–Trinajstić information content (AvgIpc) is 3.01. The van der Waals surface area contributed by atoms with E-state index < -0.39 is 17.5 Å². The number of carbonyl (C=O) groups is 1. The molecule has 0 atom stereocenters. The van der Waals surface area contributed by atoms with Gasteiger partial charge in [0.25, 0.3) is 5.91 Å². The Morgan fingerprint density at radius 2 is 1.78 bits per heavy atom. The molecule has 1 aromatic heterocycles. The number of nitrogens with one attached hydrogen (secondary N) is 1. The maximum absolute atomic E-state index is 13.8. The van der Waals surface area contributed by atoms with E-state index >= 15 is 0 Å². The van der Waals surface area contributed by atoms with Crippen LogP contribution >= 0.6 is 0 Å². The summed E-state index contributed by atoms with van der Waals surface area (Å²) in [4.78, 5) is 12.3. The lowest BCUT2D eigenvalue weighted by atomic mass is 9.87. The highest BCUT2D eigenvalue weighted by molar-refractivity contribution is 6.04. The molecule has 4 nitrogen and oxygen atoms in total. The average molecular weight is 369 g/mol. The van der Waals surface area contributed by atoms with E-state index in [-0.39, 0.29) is 11.0 Å². The smallest absolute Gasteiger partial charge is 0.259 e. The van der Waals surface area contributed by atoms with Gasteiger partial charge < -0.3 is 5.32 Å². The Balaban J connectivity index is 1.75. The van der Waals surface area contributed by atoms with Gasteiger partial charge in [-0.15, -0.1) is 0 Å². The molecule has 3 aromatic rings. The zero-order chi connectivity index (χ0) is 19.6. The van der Waals surface area contributed by atoms with Gasteiger partial charge in [-0.1, -0.05) is 45.0 Å². The van der Waals surface area contributed by atoms with Gasteiger partial charge in [-0.3, -0.25) is 4.79 Å². The standard InChI is InChI=1S/C21H21F2N3O/c1-21(2,3)15-6-4-14(5-7-15)13-26-19(10-11-24-26)25-20(27)17-9-8-16(22)12-18(17)23/h4-12H,13H2,1-3H3,(H,25,27). The minimum Gasteiger partial charge on any atom is -0.307 e. The Labute approximate surface area is 156 Å². The molecule has 0 saturated carbocycles. The number of halogens is 2. The van der Waals surface area contributed by atoms with Crippen molar-refractivity contribution in [2.75, 3.05) is 5.32 Å². The lowest BCUT2D eigenvalue weighted by Crippen LogP contribution is -2.17. The van der Waals surface area contributed by atoms with E-state index in [0.29, 0.717) is 18.4 Å². The molecule has 0 radical (unpaired) electrons. The molecule has 1 heterocycles. The number of nitrogens with zero attached hydrogens (tertiary/aromatic N) is 2. The fourth-order valence-electron chi connectivity index (χ4n) is 2.71. The summed E-state index contributed by atoms with van der Waals surface area (Å²) in [5.74, 6) is -1.86. The zero-order valence-corrected chi connectivity index (χ0v) is 15.5. The molecule has 0 unspecified atom stereocenters. The highest BCUT2D eigenvalue weighted by Gasteiger charge is 2.16. The van der Waals surface area contributed by atoms with Crippen LogP contribution in [0.5, 0.6) is 0 Å². The molecule has 0 aliphatic heterocycles. The van der Waals surface area contributed by atoms with Crippen LogP contribution < -0.4 is 5.32 Å². The third kappa shape index (κ3) is 4.39. The number of hydrogen-bond donors (Lipinski definition) is 1. The number of benzene rings is 2. The van der Waals surface area contributed by atoms with Crippen LogP contribution in [-0.4, -0.2) is 15.7 Å². The lowest BCUT2D eigenvalue weighted by molar-refractivity contribution is 0.102. The number of aromatic nitrogens is 2. The van der Waals surface area contributed by atoms with Crippen LogP contribution in [-0.2, 0) is 12.0 Å². The molecule has 0 aliphatic carbocycles. The molecule has 140 valence electrons. The molecule has 0 bridgehead atoms. The number of rotatable bonds is 4. The molecule has 3 rings (SSSR count). The number of anilines is 1. The predicted molar refractivity (Wildman–Crippen MR) is 101 cm³/mol. The Kier molecular flexibility index (Phi) is 5.08. The molecule has 0 saturated heterocycles. The van der Waals surface area contributed by atoms with Crippen molar-refractivity contribution in [2.45, 2.75) is 32.7 Å². The second kappa shape index (κ2) is 7.31. The molecule has 1 amide bonds. The summed E-state index contributed by atoms with van der Waals surface area (Å²) < 4.78 is 28.4. The van der Waals surface area contributed by atoms with Crippen LogP contribution in [0.3, 0.4) is 0 Å². The van der Waals surface area contributed by atoms with Crippen molar-refractivity contribution in [2.24, 2.45) is 0 Å². The summed E-state index contributed by atoms with van der Waals surface area (Å²) >= 11 is 0. The Bertz CT molecular complexity index is 956. The van der Waals surface area contributed by atoms with Gasteiger partial charge in [-0.25, -0.2) is 13.5 Å². The largest absolute Gasteiger partial charge is 0.307 e. The van der Waals surface area contributed by atoms with E-state index in [1.807, 2.05) is 12.1 Å². The van der Waals surface area contributed by atoms with Crippen LogP contribution in [0.4, 0.5) is 14.6 Å². The fraction of sp³-hybridized carbons (Fsp3) is 0.238. The van der Waals surface area contributed by atoms with E-state index in [0.717, 1.165) is 17.7 Å². The first-order valence-corrected chi connectivity index (χ1v) is 8.62. The van der Waals surface area contributed by atoms with E-state index in [2.05, 4.69) is 43.3 Å². The summed E-state index contributed by atoms with van der Waals surface area (Å²) in [5, 5.41) is 6.84. The first-order chi connectivity index (χ1) is 12.7. The second-order valence-electron chi connectivity index (χ2n) is 7.40. The van der Waals surface area contributed by atoms with Crippen LogP contribution in [0, 0.1) is 11.6 Å². The Morgan fingerprint density at radius 1 is 1.07 bits per heavy atom. The molecular formula is C21H21F2N3O. The maximum atomic E-state index is 13.8. The van der Waals surface area contributed by atoms with Crippen molar-refractivity contribution >= 4 is 11.7 Å². The minimum absolute atomic E-state index is 0.0720. The van der Waals surface area contributed by atoms with Gasteiger partial charge in [0.15, 0.2) is 0 Å². The second-order valence-corrected chi connectivity index (χ2v) is 7.40. The number of amides is 1. The normalized spacial score (nSPS) is 11.4. The predicted octanol–water partition coefficient (Wildman–Crippen LogP) is 4.76. The fourth-order valence-corrected chi connectivity index (χ4v) is 2.71. The topological polar surface area (TPSA) is 46.9 Å². The Hall–Kier alpha value is -3.02. The first-order valence-electron chi connectivity index (χ1n) is 8.62. The van der Waals surface area contributed by atoms with Crippen molar-refractivity contribution in [3.8, 4) is 0 Å². The highest BCUT2D eigenvalue weighted by atomic mass is 19.1. The minimum atomic E-state index is -0.906. The van der Waals surface area contributed by atoms with E-state index in [9.17, 15) is 13.6 Å². The van der Waals surface area contributed by atoms with Gasteiger partial charge in [-0.2, -0.15) is 5.10 Å². The molecule has 6 heteroatoms. The summed E-state index contributed by atoms with van der Waals surface area (Å²) in [6, 6.07) is 12.7. The van der Waals surface area contributed by atoms with Crippen molar-refractivity contribution in [1.29, 1.82) is 0 Å². The van der Waals surface area contributed by atoms with Gasteiger partial charge in [0.05, 0.1) is 18.3 Å². The summed E-state index contributed by atoms with van der Waals surface area (Å²) in [5.41, 5.74) is 2.10. The molecule has 0 fully saturated rings. The quantitative estimate of drug-likeness (QED) is 0.721. The summed E-state index contributed by atoms with van der Waals surface area (Å²) in [6.07, 6.45) is 1.56. The molecule has 0 spiro atoms. The highest BCUT2D eigenvalue weighted by Crippen LogP contribution is 2.23. The molecule has 27 heavy (non-hydrogen) atoms. The summed E-state index contributed by atoms with van der Waals surface area (Å²) in [6.45, 7) is 6.91. The van der Waals surface area contributed by atoms with Crippen LogP contribution in [0.1, 0.15) is 42.3 Å². The van der Waals surface area contributed by atoms with E-state index in [1.54, 1.807) is 16.9 Å². The molecule has 0 aliphatic rings. The zero-order valence-electron chi connectivity index (χ0n) is 15.5. The van der Waals surface area contributed by atoms with Crippen molar-refractivity contribution in [3.05, 3.63) is 83.1 Å². The van der Waals surface area contributed by atoms with Gasteiger partial charge in [0.1, 0.15) is 17.5 Å². The van der Waals surface area contributed by atoms with Crippen molar-refractivity contribution < 1.29 is 13.6 Å². The van der Waals surface area contributed by atoms with E-state index in [1.165, 1.54) is 5.56 Å². The van der Waals surface area contributed by atoms with Gasteiger partial charge in [0.2, 0.25) is 0 Å². The third-order valence-electron chi connectivity index (χ3n) is 4.29. The molecule has 2 aromatic carbocycles. The maximum Gasteiger partial charge on any atom is 0.259 e. The first kappa shape index (κ1) is 18.8. The van der Waals surface area contributed by atoms with Crippen molar-refractivity contribution in [3.63, 3.8) is 0 Å². The lowest BCUT2D eigenvalue weighted by Gasteiger charge is -2.19. The summed E-state index contributed by atoms with van der Waals surface area (Å²) in [7, 11) is 0. The molecular weight excluding hydrogens is 348 g/mol. The van der Waals surface area contributed by atoms with Crippen molar-refractivity contribution in [1.82, 2.24) is 9.78 Å². The number of hydrogen-bond acceptors (Lipinski definition) is 2. The molecule has 1 N–H and O–H groups in total. The van der Waals surface area contributed by atoms with Gasteiger partial charge in [0, 0.05) is 12.1 Å². The van der Waals surface area contributed by atoms with Crippen LogP contribution in [0.25, 0.3) is 0 Å². The third-order valence-corrected chi connectivity index (χ3v) is 4.29. The van der Waals surface area contributed by atoms with E-state index in [4.69, 9.17) is 0 Å². The SMILES string of the molecule is CC(C)(C)c1ccc(Cn2nccc2NC(=O)c2ccc(F)cc2F)cc1. The van der Waals surface area contributed by atoms with Gasteiger partial charge >= 0.3 is 0 Å². The number of carbonyl (C=O) groups excluding carboxylic acids is 1. The monoisotopic (exact) mass is 369 g/mol. The Morgan fingerprint density at radius 3 is 2.41 bits per heavy atom. The van der Waals surface area contributed by atoms with Crippen LogP contribution in [0.15, 0.2) is 54.7 Å². The van der Waals surface area contributed by atoms with Gasteiger partial charge in [-0.05, 0) is 28.7 Å².